The lowest BCUT2D eigenvalue weighted by molar-refractivity contribution is -0.130. The van der Waals surface area contributed by atoms with Gasteiger partial charge in [-0.25, -0.2) is 4.98 Å². The first-order chi connectivity index (χ1) is 13.4. The molecular weight excluding hydrogens is 358 g/mol. The highest BCUT2D eigenvalue weighted by Crippen LogP contribution is 2.21. The van der Waals surface area contributed by atoms with E-state index in [-0.39, 0.29) is 18.4 Å². The van der Waals surface area contributed by atoms with Crippen LogP contribution in [0.1, 0.15) is 10.4 Å². The van der Waals surface area contributed by atoms with E-state index < -0.39 is 0 Å². The van der Waals surface area contributed by atoms with Gasteiger partial charge in [-0.2, -0.15) is 5.10 Å². The lowest BCUT2D eigenvalue weighted by Crippen LogP contribution is -2.28. The highest BCUT2D eigenvalue weighted by molar-refractivity contribution is 6.06. The molecule has 8 nitrogen and oxygen atoms in total. The molecule has 1 N–H and O–H groups in total. The van der Waals surface area contributed by atoms with E-state index >= 15 is 0 Å². The summed E-state index contributed by atoms with van der Waals surface area (Å²) in [6.45, 7) is -0.136. The van der Waals surface area contributed by atoms with Gasteiger partial charge in [0, 0.05) is 32.4 Å². The Bertz CT molecular complexity index is 980. The third-order valence-corrected chi connectivity index (χ3v) is 3.98. The normalized spacial score (nSPS) is 10.4. The molecule has 3 rings (SSSR count). The van der Waals surface area contributed by atoms with Crippen molar-refractivity contribution in [1.82, 2.24) is 19.7 Å². The molecule has 144 valence electrons. The number of carbonyl (C=O) groups is 2. The van der Waals surface area contributed by atoms with Crippen molar-refractivity contribution in [1.29, 1.82) is 0 Å². The second kappa shape index (κ2) is 8.34. The molecule has 0 fully saturated rings. The van der Waals surface area contributed by atoms with Gasteiger partial charge in [0.1, 0.15) is 12.1 Å². The maximum Gasteiger partial charge on any atom is 0.259 e. The van der Waals surface area contributed by atoms with Crippen LogP contribution in [0.5, 0.6) is 5.75 Å². The second-order valence-corrected chi connectivity index (χ2v) is 6.35. The van der Waals surface area contributed by atoms with Gasteiger partial charge in [-0.1, -0.05) is 12.1 Å². The number of benzene rings is 2. The first kappa shape index (κ1) is 19.1. The van der Waals surface area contributed by atoms with E-state index in [1.807, 2.05) is 12.1 Å². The molecule has 1 aromatic heterocycles. The van der Waals surface area contributed by atoms with Crippen LogP contribution in [0.4, 0.5) is 5.69 Å². The van der Waals surface area contributed by atoms with E-state index in [1.165, 1.54) is 4.90 Å². The van der Waals surface area contributed by atoms with Gasteiger partial charge >= 0.3 is 0 Å². The zero-order valence-electron chi connectivity index (χ0n) is 15.9. The van der Waals surface area contributed by atoms with Crippen LogP contribution in [0.2, 0.25) is 0 Å². The number of hydrogen-bond donors (Lipinski definition) is 1. The molecule has 0 aliphatic heterocycles. The van der Waals surface area contributed by atoms with Gasteiger partial charge in [0.15, 0.2) is 12.4 Å². The van der Waals surface area contributed by atoms with Crippen LogP contribution in [0.3, 0.4) is 0 Å². The van der Waals surface area contributed by atoms with Crippen molar-refractivity contribution in [3.8, 4) is 17.1 Å². The van der Waals surface area contributed by atoms with Crippen LogP contribution < -0.4 is 10.1 Å². The number of amides is 2. The number of para-hydroxylation sites is 1. The van der Waals surface area contributed by atoms with E-state index in [4.69, 9.17) is 4.74 Å². The van der Waals surface area contributed by atoms with Crippen LogP contribution in [0, 0.1) is 0 Å². The number of likely N-dealkylation sites (N-methyl/N-ethyl adjacent to an activating group) is 1. The first-order valence-corrected chi connectivity index (χ1v) is 8.63. The second-order valence-electron chi connectivity index (χ2n) is 6.35. The maximum atomic E-state index is 12.7. The van der Waals surface area contributed by atoms with Gasteiger partial charge in [0.05, 0.1) is 5.56 Å². The molecule has 0 aliphatic carbocycles. The standard InChI is InChI=1S/C20H21N5O3/c1-24(2)18(26)12-28-17-7-5-4-6-16(17)20(27)22-15-10-8-14(9-11-15)19-21-13-25(3)23-19/h4-11,13H,12H2,1-3H3,(H,22,27). The number of ether oxygens (including phenoxy) is 1. The third-order valence-electron chi connectivity index (χ3n) is 3.98. The lowest BCUT2D eigenvalue weighted by Gasteiger charge is -2.14. The Morgan fingerprint density at radius 1 is 1.11 bits per heavy atom. The van der Waals surface area contributed by atoms with Crippen LogP contribution in [0.25, 0.3) is 11.4 Å². The highest BCUT2D eigenvalue weighted by atomic mass is 16.5. The Morgan fingerprint density at radius 2 is 1.82 bits per heavy atom. The fourth-order valence-electron chi connectivity index (χ4n) is 2.42. The minimum Gasteiger partial charge on any atom is -0.483 e. The number of anilines is 1. The minimum atomic E-state index is -0.323. The minimum absolute atomic E-state index is 0.136. The summed E-state index contributed by atoms with van der Waals surface area (Å²) in [4.78, 5) is 30.0. The summed E-state index contributed by atoms with van der Waals surface area (Å²) >= 11 is 0. The van der Waals surface area contributed by atoms with Gasteiger partial charge in [-0.15, -0.1) is 0 Å². The first-order valence-electron chi connectivity index (χ1n) is 8.63. The molecule has 0 bridgehead atoms. The topological polar surface area (TPSA) is 89.4 Å². The predicted octanol–water partition coefficient (Wildman–Crippen LogP) is 2.20. The number of aryl methyl sites for hydroxylation is 1. The third kappa shape index (κ3) is 4.53. The maximum absolute atomic E-state index is 12.7. The summed E-state index contributed by atoms with van der Waals surface area (Å²) in [6, 6.07) is 14.0. The SMILES string of the molecule is CN(C)C(=O)COc1ccccc1C(=O)Nc1ccc(-c2ncn(C)n2)cc1. The van der Waals surface area contributed by atoms with E-state index in [0.29, 0.717) is 22.8 Å². The molecule has 3 aromatic rings. The Kier molecular flexibility index (Phi) is 5.69. The molecule has 2 amide bonds. The van der Waals surface area contributed by atoms with Crippen molar-refractivity contribution in [2.45, 2.75) is 0 Å². The van der Waals surface area contributed by atoms with Gasteiger partial charge in [-0.3, -0.25) is 14.3 Å². The number of carbonyl (C=O) groups excluding carboxylic acids is 2. The zero-order chi connectivity index (χ0) is 20.1. The largest absolute Gasteiger partial charge is 0.483 e. The quantitative estimate of drug-likeness (QED) is 0.709. The fourth-order valence-corrected chi connectivity index (χ4v) is 2.42. The van der Waals surface area contributed by atoms with Crippen LogP contribution in [-0.4, -0.2) is 52.2 Å². The molecule has 1 heterocycles. The van der Waals surface area contributed by atoms with Gasteiger partial charge < -0.3 is 15.0 Å². The number of nitrogens with zero attached hydrogens (tertiary/aromatic N) is 4. The molecule has 2 aromatic carbocycles. The van der Waals surface area contributed by atoms with Crippen molar-refractivity contribution in [2.75, 3.05) is 26.0 Å². The highest BCUT2D eigenvalue weighted by Gasteiger charge is 2.14. The van der Waals surface area contributed by atoms with Gasteiger partial charge in [0.2, 0.25) is 0 Å². The van der Waals surface area contributed by atoms with Crippen LogP contribution in [0.15, 0.2) is 54.9 Å². The van der Waals surface area contributed by atoms with E-state index in [0.717, 1.165) is 5.56 Å². The smallest absolute Gasteiger partial charge is 0.259 e. The van der Waals surface area contributed by atoms with E-state index in [1.54, 1.807) is 68.6 Å². The predicted molar refractivity (Wildman–Crippen MR) is 105 cm³/mol. The summed E-state index contributed by atoms with van der Waals surface area (Å²) < 4.78 is 7.16. The van der Waals surface area contributed by atoms with E-state index in [2.05, 4.69) is 15.4 Å². The monoisotopic (exact) mass is 379 g/mol. The zero-order valence-corrected chi connectivity index (χ0v) is 15.9. The number of rotatable bonds is 6. The Morgan fingerprint density at radius 3 is 2.46 bits per heavy atom. The molecule has 28 heavy (non-hydrogen) atoms. The summed E-state index contributed by atoms with van der Waals surface area (Å²) in [7, 11) is 5.10. The molecule has 0 spiro atoms. The van der Waals surface area contributed by atoms with E-state index in [9.17, 15) is 9.59 Å². The Hall–Kier alpha value is -3.68. The molecule has 0 atom stereocenters. The number of aromatic nitrogens is 3. The van der Waals surface area contributed by atoms with Crippen molar-refractivity contribution in [2.24, 2.45) is 7.05 Å². The molecule has 0 aliphatic rings. The molecule has 8 heteroatoms. The molecule has 0 saturated carbocycles. The summed E-state index contributed by atoms with van der Waals surface area (Å²) in [5.74, 6) is 0.458. The number of nitrogens with one attached hydrogen (secondary N) is 1. The van der Waals surface area contributed by atoms with Crippen molar-refractivity contribution < 1.29 is 14.3 Å². The van der Waals surface area contributed by atoms with Crippen LogP contribution >= 0.6 is 0 Å². The fraction of sp³-hybridized carbons (Fsp3) is 0.200. The average molecular weight is 379 g/mol. The molecular formula is C20H21N5O3. The Balaban J connectivity index is 1.70. The van der Waals surface area contributed by atoms with Crippen molar-refractivity contribution >= 4 is 17.5 Å². The van der Waals surface area contributed by atoms with Gasteiger partial charge in [-0.05, 0) is 36.4 Å². The van der Waals surface area contributed by atoms with Gasteiger partial charge in [0.25, 0.3) is 11.8 Å². The van der Waals surface area contributed by atoms with Crippen molar-refractivity contribution in [3.63, 3.8) is 0 Å². The summed E-state index contributed by atoms with van der Waals surface area (Å²) in [5, 5.41) is 7.08. The molecule has 0 saturated heterocycles. The molecule has 0 unspecified atom stereocenters. The van der Waals surface area contributed by atoms with Crippen LogP contribution in [-0.2, 0) is 11.8 Å². The lowest BCUT2D eigenvalue weighted by atomic mass is 10.1. The average Bonchev–Trinajstić information content (AvgIpc) is 3.13. The molecule has 0 radical (unpaired) electrons. The number of hydrogen-bond acceptors (Lipinski definition) is 5. The summed E-state index contributed by atoms with van der Waals surface area (Å²) in [5.41, 5.74) is 1.83. The Labute approximate surface area is 162 Å². The van der Waals surface area contributed by atoms with Crippen molar-refractivity contribution in [3.05, 3.63) is 60.4 Å². The summed E-state index contributed by atoms with van der Waals surface area (Å²) in [6.07, 6.45) is 1.63.